The summed E-state index contributed by atoms with van der Waals surface area (Å²) in [6.07, 6.45) is 2.30. The molecule has 3 aromatic carbocycles. The van der Waals surface area contributed by atoms with Gasteiger partial charge in [0.05, 0.1) is 11.2 Å². The molecule has 5 nitrogen and oxygen atoms in total. The van der Waals surface area contributed by atoms with Gasteiger partial charge in [-0.05, 0) is 81.1 Å². The van der Waals surface area contributed by atoms with E-state index >= 15 is 0 Å². The molecule has 1 amide bonds. The molecule has 1 saturated heterocycles. The minimum absolute atomic E-state index is 0.113. The summed E-state index contributed by atoms with van der Waals surface area (Å²) in [6, 6.07) is 11.8. The van der Waals surface area contributed by atoms with E-state index < -0.39 is 35.0 Å². The molecule has 1 aliphatic heterocycles. The smallest absolute Gasteiger partial charge is 0.407 e. The average Bonchev–Trinajstić information content (AvgIpc) is 2.86. The summed E-state index contributed by atoms with van der Waals surface area (Å²) in [7, 11) is 0. The van der Waals surface area contributed by atoms with Gasteiger partial charge in [0.2, 0.25) is 0 Å². The Balaban J connectivity index is 1.56. The lowest BCUT2D eigenvalue weighted by Crippen LogP contribution is -2.46. The number of anilines is 1. The molecule has 40 heavy (non-hydrogen) atoms. The summed E-state index contributed by atoms with van der Waals surface area (Å²) < 4.78 is 62.1. The lowest BCUT2D eigenvalue weighted by molar-refractivity contribution is 0.0497. The van der Waals surface area contributed by atoms with Gasteiger partial charge in [-0.25, -0.2) is 22.4 Å². The van der Waals surface area contributed by atoms with Gasteiger partial charge in [-0.15, -0.1) is 0 Å². The Morgan fingerprint density at radius 2 is 1.57 bits per heavy atom. The van der Waals surface area contributed by atoms with Gasteiger partial charge in [0.25, 0.3) is 0 Å². The van der Waals surface area contributed by atoms with Crippen LogP contribution < -0.4 is 10.2 Å². The predicted octanol–water partition coefficient (Wildman–Crippen LogP) is 7.62. The third-order valence-electron chi connectivity index (χ3n) is 6.79. The number of benzene rings is 3. The van der Waals surface area contributed by atoms with E-state index in [-0.39, 0.29) is 11.6 Å². The van der Waals surface area contributed by atoms with Crippen molar-refractivity contribution in [3.63, 3.8) is 0 Å². The zero-order valence-corrected chi connectivity index (χ0v) is 22.4. The van der Waals surface area contributed by atoms with Crippen molar-refractivity contribution in [2.24, 2.45) is 0 Å². The summed E-state index contributed by atoms with van der Waals surface area (Å²) >= 11 is 0. The normalized spacial score (nSPS) is 14.4. The number of ether oxygens (including phenoxy) is 1. The van der Waals surface area contributed by atoms with E-state index in [1.165, 1.54) is 24.3 Å². The van der Waals surface area contributed by atoms with Crippen LogP contribution >= 0.6 is 0 Å². The molecule has 9 heteroatoms. The average molecular weight is 552 g/mol. The van der Waals surface area contributed by atoms with Gasteiger partial charge in [-0.1, -0.05) is 6.07 Å². The number of hydrogen-bond acceptors (Lipinski definition) is 4. The Hall–Kier alpha value is -4.14. The Morgan fingerprint density at radius 3 is 2.23 bits per heavy atom. The van der Waals surface area contributed by atoms with Crippen molar-refractivity contribution in [1.29, 1.82) is 0 Å². The first-order valence-corrected chi connectivity index (χ1v) is 13.1. The minimum Gasteiger partial charge on any atom is -0.444 e. The summed E-state index contributed by atoms with van der Waals surface area (Å²) in [6.45, 7) is 6.45. The molecule has 1 aliphatic rings. The van der Waals surface area contributed by atoms with E-state index in [9.17, 15) is 22.4 Å². The quantitative estimate of drug-likeness (QED) is 0.265. The highest BCUT2D eigenvalue weighted by atomic mass is 19.1. The monoisotopic (exact) mass is 551 g/mol. The largest absolute Gasteiger partial charge is 0.444 e. The van der Waals surface area contributed by atoms with Crippen LogP contribution in [-0.2, 0) is 4.74 Å². The van der Waals surface area contributed by atoms with E-state index in [0.29, 0.717) is 59.2 Å². The highest BCUT2D eigenvalue weighted by Gasteiger charge is 2.27. The zero-order valence-electron chi connectivity index (χ0n) is 22.4. The number of halogens is 4. The van der Waals surface area contributed by atoms with Gasteiger partial charge in [-0.3, -0.25) is 4.98 Å². The molecule has 2 heterocycles. The van der Waals surface area contributed by atoms with E-state index in [2.05, 4.69) is 15.2 Å². The van der Waals surface area contributed by atoms with Crippen molar-refractivity contribution in [2.75, 3.05) is 18.0 Å². The number of rotatable bonds is 4. The van der Waals surface area contributed by atoms with Crippen LogP contribution in [0.25, 0.3) is 33.2 Å². The Bertz CT molecular complexity index is 1560. The third-order valence-corrected chi connectivity index (χ3v) is 6.79. The van der Waals surface area contributed by atoms with Crippen molar-refractivity contribution in [1.82, 2.24) is 10.3 Å². The number of amides is 1. The molecular formula is C31H29F4N3O2. The first kappa shape index (κ1) is 27.4. The molecular weight excluding hydrogens is 522 g/mol. The summed E-state index contributed by atoms with van der Waals surface area (Å²) in [5.74, 6) is -2.82. The van der Waals surface area contributed by atoms with Crippen LogP contribution in [0, 0.1) is 23.3 Å². The van der Waals surface area contributed by atoms with Crippen molar-refractivity contribution in [3.05, 3.63) is 84.1 Å². The molecule has 1 aromatic heterocycles. The number of carbonyl (C=O) groups is 1. The fourth-order valence-corrected chi connectivity index (χ4v) is 5.05. The number of nitrogens with one attached hydrogen (secondary N) is 1. The highest BCUT2D eigenvalue weighted by molar-refractivity contribution is 6.01. The van der Waals surface area contributed by atoms with Gasteiger partial charge in [0.15, 0.2) is 0 Å². The summed E-state index contributed by atoms with van der Waals surface area (Å²) in [5, 5.41) is 3.57. The number of fused-ring (bicyclic) bond motifs is 1. The number of piperidine rings is 1. The summed E-state index contributed by atoms with van der Waals surface area (Å²) in [4.78, 5) is 18.9. The second-order valence-corrected chi connectivity index (χ2v) is 10.9. The zero-order chi connectivity index (χ0) is 28.6. The molecule has 1 fully saturated rings. The third kappa shape index (κ3) is 6.03. The number of carbonyl (C=O) groups excluding carboxylic acids is 1. The molecule has 1 N–H and O–H groups in total. The number of alkyl carbamates (subject to hydrolysis) is 1. The standard InChI is InChI=1S/C31H29F4N3O2/c1-31(2,3)40-30(39)37-23-8-10-38(11-9-23)29-25-14-18(24-6-5-20(32)16-27(24)35)4-7-28(25)36-17-26(29)19-12-21(33)15-22(34)13-19/h4-7,12-17,23H,8-11H2,1-3H3,(H,37,39). The van der Waals surface area contributed by atoms with E-state index in [1.807, 2.05) is 0 Å². The highest BCUT2D eigenvalue weighted by Crippen LogP contribution is 2.40. The first-order valence-electron chi connectivity index (χ1n) is 13.1. The SMILES string of the molecule is CC(C)(C)OC(=O)NC1CCN(c2c(-c3cc(F)cc(F)c3)cnc3ccc(-c4ccc(F)cc4F)cc23)CC1. The maximum Gasteiger partial charge on any atom is 0.407 e. The molecule has 0 atom stereocenters. The topological polar surface area (TPSA) is 54.5 Å². The molecule has 0 unspecified atom stereocenters. The lowest BCUT2D eigenvalue weighted by atomic mass is 9.96. The minimum atomic E-state index is -0.719. The fraction of sp³-hybridized carbons (Fsp3) is 0.290. The number of aromatic nitrogens is 1. The van der Waals surface area contributed by atoms with Gasteiger partial charge < -0.3 is 15.0 Å². The van der Waals surface area contributed by atoms with Crippen molar-refractivity contribution < 1.29 is 27.1 Å². The molecule has 0 spiro atoms. The van der Waals surface area contributed by atoms with Gasteiger partial charge >= 0.3 is 6.09 Å². The maximum absolute atomic E-state index is 14.7. The van der Waals surface area contributed by atoms with Crippen molar-refractivity contribution in [3.8, 4) is 22.3 Å². The molecule has 208 valence electrons. The predicted molar refractivity (Wildman–Crippen MR) is 147 cm³/mol. The van der Waals surface area contributed by atoms with Crippen LogP contribution in [0.1, 0.15) is 33.6 Å². The van der Waals surface area contributed by atoms with Crippen LogP contribution in [0.5, 0.6) is 0 Å². The van der Waals surface area contributed by atoms with E-state index in [0.717, 1.165) is 12.1 Å². The lowest BCUT2D eigenvalue weighted by Gasteiger charge is -2.36. The van der Waals surface area contributed by atoms with Gasteiger partial charge in [0, 0.05) is 54.0 Å². The second-order valence-electron chi connectivity index (χ2n) is 10.9. The molecule has 0 radical (unpaired) electrons. The van der Waals surface area contributed by atoms with Gasteiger partial charge in [-0.2, -0.15) is 0 Å². The molecule has 4 aromatic rings. The Labute approximate surface area is 229 Å². The van der Waals surface area contributed by atoms with Crippen molar-refractivity contribution >= 4 is 22.7 Å². The van der Waals surface area contributed by atoms with Crippen molar-refractivity contribution in [2.45, 2.75) is 45.3 Å². The molecule has 0 saturated carbocycles. The fourth-order valence-electron chi connectivity index (χ4n) is 5.05. The van der Waals surface area contributed by atoms with Crippen LogP contribution in [0.3, 0.4) is 0 Å². The van der Waals surface area contributed by atoms with Crippen LogP contribution in [-0.4, -0.2) is 35.8 Å². The maximum atomic E-state index is 14.7. The van der Waals surface area contributed by atoms with Crippen LogP contribution in [0.15, 0.2) is 60.8 Å². The van der Waals surface area contributed by atoms with E-state index in [1.54, 1.807) is 45.2 Å². The molecule has 0 aliphatic carbocycles. The first-order chi connectivity index (χ1) is 19.0. The second kappa shape index (κ2) is 10.8. The Morgan fingerprint density at radius 1 is 0.875 bits per heavy atom. The molecule has 5 rings (SSSR count). The summed E-state index contributed by atoms with van der Waals surface area (Å²) in [5.41, 5.74) is 2.24. The number of nitrogens with zero attached hydrogens (tertiary/aromatic N) is 2. The van der Waals surface area contributed by atoms with Crippen LogP contribution in [0.2, 0.25) is 0 Å². The van der Waals surface area contributed by atoms with Gasteiger partial charge in [0.1, 0.15) is 28.9 Å². The Kier molecular flexibility index (Phi) is 7.40. The van der Waals surface area contributed by atoms with Crippen LogP contribution in [0.4, 0.5) is 28.0 Å². The van der Waals surface area contributed by atoms with E-state index in [4.69, 9.17) is 4.74 Å². The molecule has 0 bridgehead atoms. The number of pyridine rings is 1. The number of hydrogen-bond donors (Lipinski definition) is 1.